The molecule has 0 aromatic heterocycles. The summed E-state index contributed by atoms with van der Waals surface area (Å²) in [6.45, 7) is 6.00. The number of benzene rings is 1. The summed E-state index contributed by atoms with van der Waals surface area (Å²) in [5.41, 5.74) is 6.81. The first-order valence-electron chi connectivity index (χ1n) is 8.00. The van der Waals surface area contributed by atoms with Crippen molar-refractivity contribution in [1.29, 1.82) is 0 Å². The summed E-state index contributed by atoms with van der Waals surface area (Å²) in [4.78, 5) is 2.64. The average Bonchev–Trinajstić information content (AvgIpc) is 3.31. The Bertz CT molecular complexity index is 390. The summed E-state index contributed by atoms with van der Waals surface area (Å²) >= 11 is 0. The Morgan fingerprint density at radius 3 is 2.65 bits per heavy atom. The van der Waals surface area contributed by atoms with E-state index >= 15 is 0 Å². The molecule has 0 bridgehead atoms. The summed E-state index contributed by atoms with van der Waals surface area (Å²) in [5, 5.41) is 0. The number of nitrogens with two attached hydrogens (primary N) is 1. The van der Waals surface area contributed by atoms with E-state index in [4.69, 9.17) is 10.5 Å². The van der Waals surface area contributed by atoms with Crippen molar-refractivity contribution in [3.05, 3.63) is 29.8 Å². The monoisotopic (exact) mass is 276 g/mol. The van der Waals surface area contributed by atoms with Gasteiger partial charge in [-0.15, -0.1) is 0 Å². The van der Waals surface area contributed by atoms with Crippen LogP contribution in [-0.2, 0) is 6.54 Å². The van der Waals surface area contributed by atoms with E-state index in [0.717, 1.165) is 36.9 Å². The molecule has 1 aliphatic carbocycles. The fourth-order valence-electron chi connectivity index (χ4n) is 2.54. The van der Waals surface area contributed by atoms with Crippen molar-refractivity contribution in [3.63, 3.8) is 0 Å². The molecule has 112 valence electrons. The zero-order chi connectivity index (χ0) is 14.2. The van der Waals surface area contributed by atoms with Crippen LogP contribution in [0.2, 0.25) is 0 Å². The zero-order valence-electron chi connectivity index (χ0n) is 12.7. The molecule has 0 amide bonds. The SMILES string of the molecule is CCCCN(CCCOc1ccccc1CN)C1CC1. The second-order valence-corrected chi connectivity index (χ2v) is 5.63. The lowest BCUT2D eigenvalue weighted by atomic mass is 10.2. The molecule has 2 rings (SSSR count). The third-order valence-electron chi connectivity index (χ3n) is 3.90. The Balaban J connectivity index is 1.69. The lowest BCUT2D eigenvalue weighted by Crippen LogP contribution is -2.29. The van der Waals surface area contributed by atoms with Gasteiger partial charge in [0.15, 0.2) is 0 Å². The highest BCUT2D eigenvalue weighted by Gasteiger charge is 2.27. The largest absolute Gasteiger partial charge is 0.493 e. The van der Waals surface area contributed by atoms with Gasteiger partial charge in [0.2, 0.25) is 0 Å². The van der Waals surface area contributed by atoms with Crippen LogP contribution in [0, 0.1) is 0 Å². The smallest absolute Gasteiger partial charge is 0.123 e. The van der Waals surface area contributed by atoms with Crippen LogP contribution in [-0.4, -0.2) is 30.6 Å². The van der Waals surface area contributed by atoms with Gasteiger partial charge in [0, 0.05) is 24.7 Å². The first kappa shape index (κ1) is 15.3. The van der Waals surface area contributed by atoms with Gasteiger partial charge in [-0.05, 0) is 38.3 Å². The van der Waals surface area contributed by atoms with Crippen molar-refractivity contribution < 1.29 is 4.74 Å². The normalized spacial score (nSPS) is 14.8. The maximum atomic E-state index is 5.88. The lowest BCUT2D eigenvalue weighted by molar-refractivity contribution is 0.224. The number of rotatable bonds is 10. The molecular weight excluding hydrogens is 248 g/mol. The van der Waals surface area contributed by atoms with E-state index in [-0.39, 0.29) is 0 Å². The van der Waals surface area contributed by atoms with Crippen molar-refractivity contribution in [2.24, 2.45) is 5.73 Å². The van der Waals surface area contributed by atoms with Gasteiger partial charge in [-0.25, -0.2) is 0 Å². The zero-order valence-corrected chi connectivity index (χ0v) is 12.7. The fourth-order valence-corrected chi connectivity index (χ4v) is 2.54. The van der Waals surface area contributed by atoms with Crippen LogP contribution >= 0.6 is 0 Å². The van der Waals surface area contributed by atoms with E-state index in [9.17, 15) is 0 Å². The van der Waals surface area contributed by atoms with Crippen molar-refractivity contribution in [2.75, 3.05) is 19.7 Å². The number of unbranched alkanes of at least 4 members (excludes halogenated alkanes) is 1. The highest BCUT2D eigenvalue weighted by molar-refractivity contribution is 5.32. The minimum Gasteiger partial charge on any atom is -0.493 e. The van der Waals surface area contributed by atoms with Crippen LogP contribution in [0.15, 0.2) is 24.3 Å². The molecule has 1 fully saturated rings. The molecule has 1 saturated carbocycles. The van der Waals surface area contributed by atoms with Crippen LogP contribution in [0.3, 0.4) is 0 Å². The molecule has 0 aliphatic heterocycles. The molecule has 3 nitrogen and oxygen atoms in total. The third kappa shape index (κ3) is 4.80. The summed E-state index contributed by atoms with van der Waals surface area (Å²) in [5.74, 6) is 0.946. The van der Waals surface area contributed by atoms with E-state index in [0.29, 0.717) is 6.54 Å². The summed E-state index contributed by atoms with van der Waals surface area (Å²) in [6.07, 6.45) is 6.47. The van der Waals surface area contributed by atoms with Gasteiger partial charge in [-0.1, -0.05) is 31.5 Å². The van der Waals surface area contributed by atoms with Crippen LogP contribution in [0.1, 0.15) is 44.6 Å². The summed E-state index contributed by atoms with van der Waals surface area (Å²) < 4.78 is 5.88. The molecule has 1 aliphatic rings. The Labute approximate surface area is 123 Å². The predicted octanol–water partition coefficient (Wildman–Crippen LogP) is 3.18. The summed E-state index contributed by atoms with van der Waals surface area (Å²) in [6, 6.07) is 8.92. The topological polar surface area (TPSA) is 38.5 Å². The average molecular weight is 276 g/mol. The van der Waals surface area contributed by atoms with Crippen molar-refractivity contribution in [3.8, 4) is 5.75 Å². The lowest BCUT2D eigenvalue weighted by Gasteiger charge is -2.21. The predicted molar refractivity (Wildman–Crippen MR) is 83.9 cm³/mol. The Kier molecular flexibility index (Phi) is 6.34. The van der Waals surface area contributed by atoms with Gasteiger partial charge >= 0.3 is 0 Å². The van der Waals surface area contributed by atoms with E-state index in [1.54, 1.807) is 0 Å². The van der Waals surface area contributed by atoms with Crippen molar-refractivity contribution in [2.45, 2.75) is 51.6 Å². The van der Waals surface area contributed by atoms with Gasteiger partial charge < -0.3 is 15.4 Å². The Morgan fingerprint density at radius 1 is 1.20 bits per heavy atom. The Morgan fingerprint density at radius 2 is 1.95 bits per heavy atom. The van der Waals surface area contributed by atoms with Crippen LogP contribution in [0.5, 0.6) is 5.75 Å². The maximum absolute atomic E-state index is 5.88. The first-order valence-corrected chi connectivity index (χ1v) is 8.00. The first-order chi connectivity index (χ1) is 9.85. The van der Waals surface area contributed by atoms with Gasteiger partial charge in [0.1, 0.15) is 5.75 Å². The molecule has 20 heavy (non-hydrogen) atoms. The van der Waals surface area contributed by atoms with Crippen LogP contribution < -0.4 is 10.5 Å². The molecule has 2 N–H and O–H groups in total. The molecule has 0 atom stereocenters. The minimum absolute atomic E-state index is 0.543. The molecule has 0 heterocycles. The standard InChI is InChI=1S/C17H28N2O/c1-2-3-11-19(16-9-10-16)12-6-13-20-17-8-5-4-7-15(17)14-18/h4-5,7-8,16H,2-3,6,9-14,18H2,1H3. The fraction of sp³-hybridized carbons (Fsp3) is 0.647. The van der Waals surface area contributed by atoms with E-state index in [2.05, 4.69) is 11.8 Å². The van der Waals surface area contributed by atoms with E-state index in [1.807, 2.05) is 24.3 Å². The van der Waals surface area contributed by atoms with E-state index < -0.39 is 0 Å². The molecule has 0 unspecified atom stereocenters. The van der Waals surface area contributed by atoms with Gasteiger partial charge in [-0.3, -0.25) is 0 Å². The molecular formula is C17H28N2O. The highest BCUT2D eigenvalue weighted by Crippen LogP contribution is 2.27. The Hall–Kier alpha value is -1.06. The second-order valence-electron chi connectivity index (χ2n) is 5.63. The van der Waals surface area contributed by atoms with Gasteiger partial charge in [0.25, 0.3) is 0 Å². The quantitative estimate of drug-likeness (QED) is 0.667. The van der Waals surface area contributed by atoms with Gasteiger partial charge in [-0.2, -0.15) is 0 Å². The number of ether oxygens (including phenoxy) is 1. The molecule has 0 saturated heterocycles. The summed E-state index contributed by atoms with van der Waals surface area (Å²) in [7, 11) is 0. The molecule has 1 aromatic rings. The van der Waals surface area contributed by atoms with Crippen molar-refractivity contribution in [1.82, 2.24) is 4.90 Å². The number of hydrogen-bond acceptors (Lipinski definition) is 3. The number of nitrogens with zero attached hydrogens (tertiary/aromatic N) is 1. The number of hydrogen-bond donors (Lipinski definition) is 1. The van der Waals surface area contributed by atoms with Gasteiger partial charge in [0.05, 0.1) is 6.61 Å². The highest BCUT2D eigenvalue weighted by atomic mass is 16.5. The van der Waals surface area contributed by atoms with Crippen LogP contribution in [0.4, 0.5) is 0 Å². The number of para-hydroxylation sites is 1. The maximum Gasteiger partial charge on any atom is 0.123 e. The van der Waals surface area contributed by atoms with E-state index in [1.165, 1.54) is 32.2 Å². The molecule has 1 aromatic carbocycles. The molecule has 3 heteroatoms. The third-order valence-corrected chi connectivity index (χ3v) is 3.90. The van der Waals surface area contributed by atoms with Crippen molar-refractivity contribution >= 4 is 0 Å². The van der Waals surface area contributed by atoms with Crippen LogP contribution in [0.25, 0.3) is 0 Å². The molecule has 0 radical (unpaired) electrons. The second kappa shape index (κ2) is 8.28. The molecule has 0 spiro atoms. The minimum atomic E-state index is 0.543.